The molecule has 0 aliphatic heterocycles. The molecule has 0 aliphatic rings. The number of ether oxygens (including phenoxy) is 3. The molecule has 1 aromatic heterocycles. The highest BCUT2D eigenvalue weighted by atomic mass is 127. The number of aromatic nitrogens is 2. The summed E-state index contributed by atoms with van der Waals surface area (Å²) < 4.78 is 18.0. The number of benzene rings is 2. The summed E-state index contributed by atoms with van der Waals surface area (Å²) in [6, 6.07) is 17.6. The summed E-state index contributed by atoms with van der Waals surface area (Å²) in [4.78, 5) is 8.76. The van der Waals surface area contributed by atoms with E-state index in [1.54, 1.807) is 13.4 Å². The zero-order valence-corrected chi connectivity index (χ0v) is 20.6. The summed E-state index contributed by atoms with van der Waals surface area (Å²) in [5.74, 6) is 2.38. The molecular weight excluding hydrogens is 517 g/mol. The van der Waals surface area contributed by atoms with E-state index in [1.807, 2.05) is 54.6 Å². The van der Waals surface area contributed by atoms with Crippen LogP contribution in [0.2, 0.25) is 0 Å². The minimum atomic E-state index is 0.675. The van der Waals surface area contributed by atoms with Gasteiger partial charge in [0.1, 0.15) is 23.6 Å². The Morgan fingerprint density at radius 2 is 1.62 bits per heavy atom. The van der Waals surface area contributed by atoms with Crippen LogP contribution in [0.25, 0.3) is 11.3 Å². The van der Waals surface area contributed by atoms with Crippen LogP contribution in [0.3, 0.4) is 0 Å². The number of nitrogens with zero attached hydrogens (tertiary/aromatic N) is 2. The standard InChI is InChI=1S/C25H30IN3O3/c1-30-22-11-9-21(10-12-22)29-25-18-24(27-19-28-25)20-7-6-8-23(17-20)32-16-5-4-15-31-14-3-2-13-26/h6-12,17-19H,2-5,13-16H2,1H3,(H,27,28,29). The van der Waals surface area contributed by atoms with E-state index < -0.39 is 0 Å². The number of anilines is 2. The third-order valence-corrected chi connectivity index (χ3v) is 5.55. The quantitative estimate of drug-likeness (QED) is 0.146. The molecule has 0 bridgehead atoms. The van der Waals surface area contributed by atoms with Crippen LogP contribution in [0, 0.1) is 0 Å². The fraction of sp³-hybridized carbons (Fsp3) is 0.360. The smallest absolute Gasteiger partial charge is 0.134 e. The van der Waals surface area contributed by atoms with Crippen molar-refractivity contribution in [3.63, 3.8) is 0 Å². The summed E-state index contributed by atoms with van der Waals surface area (Å²) in [6.07, 6.45) is 5.92. The first-order chi connectivity index (χ1) is 15.8. The first-order valence-electron chi connectivity index (χ1n) is 10.9. The molecule has 0 saturated heterocycles. The summed E-state index contributed by atoms with van der Waals surface area (Å²) in [6.45, 7) is 2.34. The van der Waals surface area contributed by atoms with Gasteiger partial charge in [-0.3, -0.25) is 0 Å². The summed E-state index contributed by atoms with van der Waals surface area (Å²) in [5, 5.41) is 3.30. The number of hydrogen-bond acceptors (Lipinski definition) is 6. The number of unbranched alkanes of at least 4 members (excludes halogenated alkanes) is 2. The molecule has 0 spiro atoms. The second-order valence-corrected chi connectivity index (χ2v) is 8.31. The van der Waals surface area contributed by atoms with E-state index >= 15 is 0 Å². The molecule has 0 amide bonds. The van der Waals surface area contributed by atoms with E-state index in [-0.39, 0.29) is 0 Å². The van der Waals surface area contributed by atoms with Crippen LogP contribution in [0.15, 0.2) is 60.9 Å². The number of alkyl halides is 1. The van der Waals surface area contributed by atoms with Gasteiger partial charge in [0.25, 0.3) is 0 Å². The van der Waals surface area contributed by atoms with Crippen molar-refractivity contribution in [3.05, 3.63) is 60.9 Å². The van der Waals surface area contributed by atoms with E-state index in [0.717, 1.165) is 66.7 Å². The van der Waals surface area contributed by atoms with Crippen molar-refractivity contribution in [1.29, 1.82) is 0 Å². The largest absolute Gasteiger partial charge is 0.497 e. The Kier molecular flexibility index (Phi) is 10.5. The third-order valence-electron chi connectivity index (χ3n) is 4.78. The minimum absolute atomic E-state index is 0.675. The molecule has 170 valence electrons. The lowest BCUT2D eigenvalue weighted by Crippen LogP contribution is -2.02. The van der Waals surface area contributed by atoms with Crippen LogP contribution in [0.5, 0.6) is 11.5 Å². The van der Waals surface area contributed by atoms with Gasteiger partial charge in [0.2, 0.25) is 0 Å². The van der Waals surface area contributed by atoms with E-state index in [2.05, 4.69) is 37.9 Å². The molecule has 0 aliphatic carbocycles. The molecule has 0 atom stereocenters. The maximum absolute atomic E-state index is 5.93. The lowest BCUT2D eigenvalue weighted by molar-refractivity contribution is 0.124. The number of hydrogen-bond donors (Lipinski definition) is 1. The maximum Gasteiger partial charge on any atom is 0.134 e. The molecule has 0 fully saturated rings. The normalized spacial score (nSPS) is 10.7. The Hall–Kier alpha value is -2.39. The van der Waals surface area contributed by atoms with Crippen molar-refractivity contribution in [2.24, 2.45) is 0 Å². The highest BCUT2D eigenvalue weighted by molar-refractivity contribution is 14.1. The van der Waals surface area contributed by atoms with Gasteiger partial charge in [0, 0.05) is 30.5 Å². The Morgan fingerprint density at radius 1 is 0.844 bits per heavy atom. The van der Waals surface area contributed by atoms with Crippen molar-refractivity contribution in [1.82, 2.24) is 9.97 Å². The Labute approximate surface area is 203 Å². The zero-order chi connectivity index (χ0) is 22.4. The van der Waals surface area contributed by atoms with Crippen LogP contribution < -0.4 is 14.8 Å². The molecular formula is C25H30IN3O3. The molecule has 1 N–H and O–H groups in total. The highest BCUT2D eigenvalue weighted by Gasteiger charge is 2.05. The topological polar surface area (TPSA) is 65.5 Å². The first kappa shape index (κ1) is 24.3. The molecule has 0 unspecified atom stereocenters. The zero-order valence-electron chi connectivity index (χ0n) is 18.4. The highest BCUT2D eigenvalue weighted by Crippen LogP contribution is 2.25. The minimum Gasteiger partial charge on any atom is -0.497 e. The SMILES string of the molecule is COc1ccc(Nc2cc(-c3cccc(OCCCCOCCCCI)c3)ncn2)cc1. The van der Waals surface area contributed by atoms with Crippen LogP contribution in [-0.4, -0.2) is 41.3 Å². The van der Waals surface area contributed by atoms with Crippen molar-refractivity contribution in [2.45, 2.75) is 25.7 Å². The lowest BCUT2D eigenvalue weighted by Gasteiger charge is -2.10. The van der Waals surface area contributed by atoms with Crippen LogP contribution in [-0.2, 0) is 4.74 Å². The average molecular weight is 547 g/mol. The molecule has 0 saturated carbocycles. The summed E-state index contributed by atoms with van der Waals surface area (Å²) >= 11 is 2.40. The third kappa shape index (κ3) is 8.27. The molecule has 3 rings (SSSR count). The molecule has 3 aromatic rings. The average Bonchev–Trinajstić information content (AvgIpc) is 2.84. The monoisotopic (exact) mass is 547 g/mol. The van der Waals surface area contributed by atoms with Crippen LogP contribution in [0.1, 0.15) is 25.7 Å². The number of halogens is 1. The van der Waals surface area contributed by atoms with Gasteiger partial charge in [0.05, 0.1) is 19.4 Å². The molecule has 2 aromatic carbocycles. The van der Waals surface area contributed by atoms with Gasteiger partial charge in [0.15, 0.2) is 0 Å². The Balaban J connectivity index is 1.49. The van der Waals surface area contributed by atoms with Crippen LogP contribution in [0.4, 0.5) is 11.5 Å². The predicted octanol–water partition coefficient (Wildman–Crippen LogP) is 6.29. The first-order valence-corrected chi connectivity index (χ1v) is 12.4. The van der Waals surface area contributed by atoms with Gasteiger partial charge in [-0.25, -0.2) is 9.97 Å². The van der Waals surface area contributed by atoms with E-state index in [4.69, 9.17) is 14.2 Å². The fourth-order valence-corrected chi connectivity index (χ4v) is 3.59. The number of nitrogens with one attached hydrogen (secondary N) is 1. The second kappa shape index (κ2) is 13.9. The molecule has 1 heterocycles. The fourth-order valence-electron chi connectivity index (χ4n) is 3.05. The predicted molar refractivity (Wildman–Crippen MR) is 137 cm³/mol. The van der Waals surface area contributed by atoms with E-state index in [9.17, 15) is 0 Å². The van der Waals surface area contributed by atoms with Gasteiger partial charge < -0.3 is 19.5 Å². The van der Waals surface area contributed by atoms with Gasteiger partial charge >= 0.3 is 0 Å². The lowest BCUT2D eigenvalue weighted by atomic mass is 10.1. The van der Waals surface area contributed by atoms with E-state index in [0.29, 0.717) is 6.61 Å². The van der Waals surface area contributed by atoms with Crippen molar-refractivity contribution in [3.8, 4) is 22.8 Å². The van der Waals surface area contributed by atoms with Crippen molar-refractivity contribution >= 4 is 34.1 Å². The molecule has 6 nitrogen and oxygen atoms in total. The van der Waals surface area contributed by atoms with Gasteiger partial charge in [-0.2, -0.15) is 0 Å². The maximum atomic E-state index is 5.93. The Bertz CT molecular complexity index is 938. The molecule has 32 heavy (non-hydrogen) atoms. The van der Waals surface area contributed by atoms with E-state index in [1.165, 1.54) is 10.8 Å². The van der Waals surface area contributed by atoms with Crippen molar-refractivity contribution in [2.75, 3.05) is 36.7 Å². The molecule has 7 heteroatoms. The number of rotatable bonds is 14. The molecule has 0 radical (unpaired) electrons. The Morgan fingerprint density at radius 3 is 2.41 bits per heavy atom. The summed E-state index contributed by atoms with van der Waals surface area (Å²) in [5.41, 5.74) is 2.75. The number of methoxy groups -OCH3 is 1. The van der Waals surface area contributed by atoms with Gasteiger partial charge in [-0.05, 0) is 66.5 Å². The van der Waals surface area contributed by atoms with Gasteiger partial charge in [-0.1, -0.05) is 34.7 Å². The second-order valence-electron chi connectivity index (χ2n) is 7.23. The van der Waals surface area contributed by atoms with Gasteiger partial charge in [-0.15, -0.1) is 0 Å². The van der Waals surface area contributed by atoms with Crippen LogP contribution >= 0.6 is 22.6 Å². The van der Waals surface area contributed by atoms with Crippen molar-refractivity contribution < 1.29 is 14.2 Å². The summed E-state index contributed by atoms with van der Waals surface area (Å²) in [7, 11) is 1.65.